The largest absolute Gasteiger partial charge is 0.510 e. The van der Waals surface area contributed by atoms with Gasteiger partial charge in [0.1, 0.15) is 6.35 Å². The first kappa shape index (κ1) is 30.8. The van der Waals surface area contributed by atoms with E-state index in [4.69, 9.17) is 38.5 Å². The van der Waals surface area contributed by atoms with E-state index in [0.29, 0.717) is 36.4 Å². The Bertz CT molecular complexity index is 1070. The van der Waals surface area contributed by atoms with Gasteiger partial charge in [-0.2, -0.15) is 9.97 Å². The second-order valence-electron chi connectivity index (χ2n) is 7.34. The van der Waals surface area contributed by atoms with Crippen molar-refractivity contribution in [2.24, 2.45) is 0 Å². The van der Waals surface area contributed by atoms with Crippen molar-refractivity contribution in [1.82, 2.24) is 19.5 Å². The lowest BCUT2D eigenvalue weighted by atomic mass is 10.4. The fourth-order valence-electron chi connectivity index (χ4n) is 2.63. The van der Waals surface area contributed by atoms with Gasteiger partial charge in [0.05, 0.1) is 26.1 Å². The molecule has 0 aliphatic heterocycles. The van der Waals surface area contributed by atoms with Crippen LogP contribution in [0, 0.1) is 0 Å². The zero-order valence-electron chi connectivity index (χ0n) is 21.3. The van der Waals surface area contributed by atoms with Crippen LogP contribution >= 0.6 is 7.60 Å². The summed E-state index contributed by atoms with van der Waals surface area (Å²) < 4.78 is 49.3. The zero-order chi connectivity index (χ0) is 27.8. The number of imidazole rings is 1. The van der Waals surface area contributed by atoms with Crippen LogP contribution in [0.4, 0.5) is 21.4 Å². The lowest BCUT2D eigenvalue weighted by molar-refractivity contribution is -0.0259. The molecule has 0 aromatic carbocycles. The molecule has 17 heteroatoms. The normalized spacial score (nSPS) is 11.2. The van der Waals surface area contributed by atoms with Crippen molar-refractivity contribution in [3.05, 3.63) is 19.0 Å². The fourth-order valence-corrected chi connectivity index (χ4v) is 3.63. The molecule has 0 fully saturated rings. The number of hydrogen-bond donors (Lipinski definition) is 2. The van der Waals surface area contributed by atoms with E-state index >= 15 is 0 Å². The van der Waals surface area contributed by atoms with Gasteiger partial charge in [-0.05, 0) is 12.8 Å². The van der Waals surface area contributed by atoms with Crippen molar-refractivity contribution in [3.63, 3.8) is 0 Å². The summed E-state index contributed by atoms with van der Waals surface area (Å²) in [5, 5.41) is 3.04. The molecule has 0 bridgehead atoms. The number of nitrogens with two attached hydrogens (primary N) is 1. The van der Waals surface area contributed by atoms with E-state index in [1.165, 1.54) is 6.33 Å². The predicted octanol–water partition coefficient (Wildman–Crippen LogP) is 3.25. The van der Waals surface area contributed by atoms with E-state index in [0.717, 1.165) is 0 Å². The Morgan fingerprint density at radius 3 is 2.26 bits per heavy atom. The van der Waals surface area contributed by atoms with E-state index < -0.39 is 39.8 Å². The van der Waals surface area contributed by atoms with Crippen LogP contribution in [0.5, 0.6) is 0 Å². The summed E-state index contributed by atoms with van der Waals surface area (Å²) >= 11 is 0. The van der Waals surface area contributed by atoms with Crippen LogP contribution in [-0.2, 0) is 43.8 Å². The smallest absolute Gasteiger partial charge is 0.434 e. The maximum Gasteiger partial charge on any atom is 0.510 e. The number of nitrogen functional groups attached to an aromatic ring is 1. The van der Waals surface area contributed by atoms with Gasteiger partial charge in [-0.1, -0.05) is 19.9 Å². The van der Waals surface area contributed by atoms with Gasteiger partial charge in [-0.25, -0.2) is 14.6 Å². The number of carbonyl (C=O) groups is 2. The molecule has 2 heterocycles. The van der Waals surface area contributed by atoms with Gasteiger partial charge in [0.2, 0.25) is 19.5 Å². The van der Waals surface area contributed by atoms with Crippen molar-refractivity contribution < 1.29 is 46.9 Å². The number of fused-ring (bicyclic) bond motifs is 1. The van der Waals surface area contributed by atoms with E-state index in [9.17, 15) is 14.2 Å². The van der Waals surface area contributed by atoms with Gasteiger partial charge in [-0.3, -0.25) is 13.6 Å². The van der Waals surface area contributed by atoms with Gasteiger partial charge < -0.3 is 39.3 Å². The summed E-state index contributed by atoms with van der Waals surface area (Å²) in [5.41, 5.74) is 6.76. The average molecular weight is 561 g/mol. The zero-order valence-corrected chi connectivity index (χ0v) is 22.2. The van der Waals surface area contributed by atoms with Crippen LogP contribution in [0.2, 0.25) is 0 Å². The number of hydrogen-bond acceptors (Lipinski definition) is 15. The highest BCUT2D eigenvalue weighted by Gasteiger charge is 2.27. The monoisotopic (exact) mass is 560 g/mol. The number of nitrogens with zero attached hydrogens (tertiary/aromatic N) is 4. The number of aromatic nitrogens is 4. The molecule has 0 amide bonds. The number of carbonyl (C=O) groups excluding carboxylic acids is 2. The molecule has 0 atom stereocenters. The highest BCUT2D eigenvalue weighted by atomic mass is 31.2. The Hall–Kier alpha value is -3.46. The van der Waals surface area contributed by atoms with Crippen LogP contribution in [0.3, 0.4) is 0 Å². The van der Waals surface area contributed by atoms with Gasteiger partial charge in [0.25, 0.3) is 0 Å². The Balaban J connectivity index is 1.94. The van der Waals surface area contributed by atoms with E-state index in [1.54, 1.807) is 10.6 Å². The minimum Gasteiger partial charge on any atom is -0.434 e. The third kappa shape index (κ3) is 10.5. The predicted molar refractivity (Wildman–Crippen MR) is 134 cm³/mol. The van der Waals surface area contributed by atoms with E-state index in [-0.39, 0.29) is 32.3 Å². The summed E-state index contributed by atoms with van der Waals surface area (Å²) in [7, 11) is -4.04. The Morgan fingerprint density at radius 1 is 1.05 bits per heavy atom. The molecule has 2 rings (SSSR count). The van der Waals surface area contributed by atoms with Crippen molar-refractivity contribution in [2.75, 3.05) is 57.3 Å². The first-order valence-electron chi connectivity index (χ1n) is 11.7. The molecular weight excluding hydrogens is 527 g/mol. The number of rotatable bonds is 18. The summed E-state index contributed by atoms with van der Waals surface area (Å²) in [5.74, 6) is 0.501. The third-order valence-electron chi connectivity index (χ3n) is 4.32. The number of ether oxygens (including phenoxy) is 5. The van der Waals surface area contributed by atoms with Crippen molar-refractivity contribution >= 4 is 42.8 Å². The maximum absolute atomic E-state index is 13.1. The molecule has 0 saturated carbocycles. The Kier molecular flexibility index (Phi) is 13.3. The molecule has 3 N–H and O–H groups in total. The van der Waals surface area contributed by atoms with Crippen LogP contribution in [0.25, 0.3) is 11.2 Å². The standard InChI is InChI=1S/C21H33N6O10P/c1-4-7-23-17-16-18(26-19(22)25-17)27(12-24-16)8-11-31-15-38(30,36-13-34-20(28)32-9-5-2)37-14-35-21(29)33-10-6-3/h4,12H,1,5-11,13-15H2,2-3H3,(H3,22,23,25,26). The summed E-state index contributed by atoms with van der Waals surface area (Å²) in [6, 6.07) is 0. The van der Waals surface area contributed by atoms with Gasteiger partial charge in [0.15, 0.2) is 17.0 Å². The van der Waals surface area contributed by atoms with Crippen LogP contribution in [0.1, 0.15) is 26.7 Å². The lowest BCUT2D eigenvalue weighted by Crippen LogP contribution is -2.15. The van der Waals surface area contributed by atoms with Gasteiger partial charge in [-0.15, -0.1) is 6.58 Å². The minimum absolute atomic E-state index is 0.0281. The maximum atomic E-state index is 13.1. The fraction of sp³-hybridized carbons (Fsp3) is 0.571. The SMILES string of the molecule is C=CCNc1nc(N)nc2c1ncn2CCOCP(=O)(OCOC(=O)OCCC)OCOC(=O)OCCC. The second-order valence-corrected chi connectivity index (χ2v) is 9.33. The molecule has 0 aliphatic rings. The van der Waals surface area contributed by atoms with Crippen LogP contribution in [0.15, 0.2) is 19.0 Å². The molecule has 212 valence electrons. The topological polar surface area (TPSA) is 197 Å². The van der Waals surface area contributed by atoms with Crippen LogP contribution in [-0.4, -0.2) is 78.1 Å². The Morgan fingerprint density at radius 2 is 1.68 bits per heavy atom. The minimum atomic E-state index is -4.04. The third-order valence-corrected chi connectivity index (χ3v) is 5.82. The number of nitrogens with one attached hydrogen (secondary N) is 1. The molecule has 16 nitrogen and oxygen atoms in total. The van der Waals surface area contributed by atoms with Crippen LogP contribution < -0.4 is 11.1 Å². The molecule has 2 aromatic rings. The number of anilines is 2. The van der Waals surface area contributed by atoms with Gasteiger partial charge >= 0.3 is 19.9 Å². The molecule has 38 heavy (non-hydrogen) atoms. The van der Waals surface area contributed by atoms with E-state index in [2.05, 4.69) is 26.8 Å². The average Bonchev–Trinajstić information content (AvgIpc) is 3.30. The highest BCUT2D eigenvalue weighted by Crippen LogP contribution is 2.48. The highest BCUT2D eigenvalue weighted by molar-refractivity contribution is 7.53. The lowest BCUT2D eigenvalue weighted by Gasteiger charge is -2.18. The molecule has 0 spiro atoms. The molecule has 2 aromatic heterocycles. The Labute approximate surface area is 219 Å². The first-order chi connectivity index (χ1) is 18.3. The molecule has 0 saturated heterocycles. The van der Waals surface area contributed by atoms with E-state index in [1.807, 2.05) is 13.8 Å². The van der Waals surface area contributed by atoms with Crippen molar-refractivity contribution in [3.8, 4) is 0 Å². The summed E-state index contributed by atoms with van der Waals surface area (Å²) in [6.07, 6.45) is 1.81. The first-order valence-corrected chi connectivity index (χ1v) is 13.4. The molecule has 0 aliphatic carbocycles. The second kappa shape index (κ2) is 16.4. The summed E-state index contributed by atoms with van der Waals surface area (Å²) in [6.45, 7) is 6.80. The molecular formula is C21H33N6O10P. The molecule has 0 unspecified atom stereocenters. The van der Waals surface area contributed by atoms with Crippen molar-refractivity contribution in [1.29, 1.82) is 0 Å². The van der Waals surface area contributed by atoms with Gasteiger partial charge in [0, 0.05) is 13.1 Å². The van der Waals surface area contributed by atoms with Crippen molar-refractivity contribution in [2.45, 2.75) is 33.2 Å². The quantitative estimate of drug-likeness (QED) is 0.0884. The molecule has 0 radical (unpaired) electrons. The summed E-state index contributed by atoms with van der Waals surface area (Å²) in [4.78, 5) is 35.6.